The van der Waals surface area contributed by atoms with Gasteiger partial charge >= 0.3 is 5.97 Å². The summed E-state index contributed by atoms with van der Waals surface area (Å²) < 4.78 is 10.4. The van der Waals surface area contributed by atoms with Crippen LogP contribution in [0.15, 0.2) is 24.3 Å². The van der Waals surface area contributed by atoms with Crippen molar-refractivity contribution < 1.29 is 14.3 Å². The molecule has 0 spiro atoms. The summed E-state index contributed by atoms with van der Waals surface area (Å²) in [6.45, 7) is 5.78. The quantitative estimate of drug-likeness (QED) is 0.627. The largest absolute Gasteiger partial charge is 0.467 e. The molecule has 1 aromatic carbocycles. The first-order valence-corrected chi connectivity index (χ1v) is 9.09. The molecule has 3 rings (SSSR count). The molecule has 136 valence electrons. The summed E-state index contributed by atoms with van der Waals surface area (Å²) in [5, 5.41) is 3.92. The van der Waals surface area contributed by atoms with Crippen LogP contribution < -0.4 is 5.32 Å². The van der Waals surface area contributed by atoms with Crippen LogP contribution in [0.5, 0.6) is 0 Å². The number of benzene rings is 1. The Balaban J connectivity index is 1.61. The maximum absolute atomic E-state index is 12.2. The average Bonchev–Trinajstić information content (AvgIpc) is 2.67. The zero-order valence-electron chi connectivity index (χ0n) is 14.6. The van der Waals surface area contributed by atoms with Crippen molar-refractivity contribution in [1.82, 2.24) is 15.1 Å². The minimum absolute atomic E-state index is 0.244. The second-order valence-corrected chi connectivity index (χ2v) is 6.71. The molecule has 1 saturated heterocycles. The van der Waals surface area contributed by atoms with Gasteiger partial charge in [0.25, 0.3) is 0 Å². The molecule has 1 atom stereocenters. The van der Waals surface area contributed by atoms with Gasteiger partial charge in [-0.1, -0.05) is 24.3 Å². The minimum atomic E-state index is -0.372. The first-order valence-electron chi connectivity index (χ1n) is 8.68. The number of esters is 1. The lowest BCUT2D eigenvalue weighted by Gasteiger charge is -2.37. The van der Waals surface area contributed by atoms with Gasteiger partial charge < -0.3 is 19.7 Å². The lowest BCUT2D eigenvalue weighted by atomic mass is 9.94. The summed E-state index contributed by atoms with van der Waals surface area (Å²) in [6, 6.07) is 7.80. The molecule has 2 heterocycles. The van der Waals surface area contributed by atoms with Crippen molar-refractivity contribution in [3.05, 3.63) is 35.4 Å². The van der Waals surface area contributed by atoms with Gasteiger partial charge in [0.15, 0.2) is 5.11 Å². The third-order valence-corrected chi connectivity index (χ3v) is 5.17. The number of ether oxygens (including phenoxy) is 2. The summed E-state index contributed by atoms with van der Waals surface area (Å²) in [6.07, 6.45) is 0.619. The highest BCUT2D eigenvalue weighted by Gasteiger charge is 2.33. The standard InChI is InChI=1S/C18H25N3O3S/c1-23-17(22)16-12-14-4-2-3-5-15(14)13-21(16)18(25)19-6-7-20-8-10-24-11-9-20/h2-5,16H,6-13H2,1H3,(H,19,25)/t16-/m0/s1. The van der Waals surface area contributed by atoms with Gasteiger partial charge in [-0.25, -0.2) is 4.79 Å². The third-order valence-electron chi connectivity index (χ3n) is 4.79. The van der Waals surface area contributed by atoms with Gasteiger partial charge in [0, 0.05) is 39.1 Å². The van der Waals surface area contributed by atoms with E-state index in [1.165, 1.54) is 18.2 Å². The van der Waals surface area contributed by atoms with Gasteiger partial charge in [-0.15, -0.1) is 0 Å². The number of methoxy groups -OCH3 is 1. The summed E-state index contributed by atoms with van der Waals surface area (Å²) in [5.74, 6) is -0.244. The van der Waals surface area contributed by atoms with E-state index >= 15 is 0 Å². The van der Waals surface area contributed by atoms with E-state index in [0.29, 0.717) is 18.1 Å². The molecule has 0 amide bonds. The van der Waals surface area contributed by atoms with E-state index < -0.39 is 0 Å². The Morgan fingerprint density at radius 2 is 2.04 bits per heavy atom. The first-order chi connectivity index (χ1) is 12.2. The third kappa shape index (κ3) is 4.48. The highest BCUT2D eigenvalue weighted by atomic mass is 32.1. The van der Waals surface area contributed by atoms with Gasteiger partial charge in [-0.3, -0.25) is 4.90 Å². The Bertz CT molecular complexity index is 619. The summed E-state index contributed by atoms with van der Waals surface area (Å²) in [4.78, 5) is 16.5. The van der Waals surface area contributed by atoms with E-state index in [4.69, 9.17) is 21.7 Å². The molecule has 1 N–H and O–H groups in total. The lowest BCUT2D eigenvalue weighted by molar-refractivity contribution is -0.145. The Hall–Kier alpha value is -1.70. The number of carbonyl (C=O) groups excluding carboxylic acids is 1. The molecule has 0 saturated carbocycles. The molecule has 25 heavy (non-hydrogen) atoms. The van der Waals surface area contributed by atoms with Gasteiger partial charge in [-0.2, -0.15) is 0 Å². The van der Waals surface area contributed by atoms with Gasteiger partial charge in [-0.05, 0) is 23.3 Å². The molecule has 0 aliphatic carbocycles. The molecular formula is C18H25N3O3S. The molecule has 2 aliphatic heterocycles. The van der Waals surface area contributed by atoms with Crippen molar-refractivity contribution in [2.75, 3.05) is 46.5 Å². The smallest absolute Gasteiger partial charge is 0.328 e. The number of morpholine rings is 1. The molecule has 1 aromatic rings. The Labute approximate surface area is 154 Å². The SMILES string of the molecule is COC(=O)[C@@H]1Cc2ccccc2CN1C(=S)NCCN1CCOCC1. The van der Waals surface area contributed by atoms with Crippen LogP contribution in [0.2, 0.25) is 0 Å². The highest BCUT2D eigenvalue weighted by Crippen LogP contribution is 2.24. The van der Waals surface area contributed by atoms with Crippen LogP contribution in [-0.2, 0) is 27.2 Å². The Kier molecular flexibility index (Phi) is 6.23. The maximum Gasteiger partial charge on any atom is 0.328 e. The lowest BCUT2D eigenvalue weighted by Crippen LogP contribution is -2.53. The molecule has 1 fully saturated rings. The predicted octanol–water partition coefficient (Wildman–Crippen LogP) is 0.793. The topological polar surface area (TPSA) is 54.0 Å². The number of rotatable bonds is 4. The molecule has 0 radical (unpaired) electrons. The van der Waals surface area contributed by atoms with Crippen molar-refractivity contribution in [2.24, 2.45) is 0 Å². The van der Waals surface area contributed by atoms with Crippen LogP contribution >= 0.6 is 12.2 Å². The van der Waals surface area contributed by atoms with E-state index in [1.54, 1.807) is 0 Å². The average molecular weight is 363 g/mol. The molecular weight excluding hydrogens is 338 g/mol. The van der Waals surface area contributed by atoms with E-state index in [2.05, 4.69) is 22.3 Å². The molecule has 0 aromatic heterocycles. The first kappa shape index (κ1) is 18.1. The molecule has 6 nitrogen and oxygen atoms in total. The number of hydrogen-bond donors (Lipinski definition) is 1. The monoisotopic (exact) mass is 363 g/mol. The van der Waals surface area contributed by atoms with E-state index in [-0.39, 0.29) is 12.0 Å². The second-order valence-electron chi connectivity index (χ2n) is 6.33. The fraction of sp³-hybridized carbons (Fsp3) is 0.556. The van der Waals surface area contributed by atoms with E-state index in [9.17, 15) is 4.79 Å². The van der Waals surface area contributed by atoms with Crippen molar-refractivity contribution in [3.8, 4) is 0 Å². The maximum atomic E-state index is 12.2. The summed E-state index contributed by atoms with van der Waals surface area (Å²) in [5.41, 5.74) is 2.39. The van der Waals surface area contributed by atoms with Crippen LogP contribution in [0.3, 0.4) is 0 Å². The number of thiocarbonyl (C=S) groups is 1. The molecule has 7 heteroatoms. The van der Waals surface area contributed by atoms with Gasteiger partial charge in [0.2, 0.25) is 0 Å². The van der Waals surface area contributed by atoms with E-state index in [1.807, 2.05) is 17.0 Å². The molecule has 0 bridgehead atoms. The van der Waals surface area contributed by atoms with Crippen molar-refractivity contribution in [2.45, 2.75) is 19.0 Å². The fourth-order valence-electron chi connectivity index (χ4n) is 3.33. The van der Waals surface area contributed by atoms with Gasteiger partial charge in [0.05, 0.1) is 20.3 Å². The zero-order chi connectivity index (χ0) is 17.6. The summed E-state index contributed by atoms with van der Waals surface area (Å²) in [7, 11) is 1.43. The normalized spacial score (nSPS) is 20.7. The fourth-order valence-corrected chi connectivity index (χ4v) is 3.62. The minimum Gasteiger partial charge on any atom is -0.467 e. The number of nitrogens with zero attached hydrogens (tertiary/aromatic N) is 2. The zero-order valence-corrected chi connectivity index (χ0v) is 15.4. The van der Waals surface area contributed by atoms with Crippen LogP contribution in [-0.4, -0.2) is 73.4 Å². The van der Waals surface area contributed by atoms with Crippen molar-refractivity contribution in [1.29, 1.82) is 0 Å². The molecule has 0 unspecified atom stereocenters. The highest BCUT2D eigenvalue weighted by molar-refractivity contribution is 7.80. The number of nitrogens with one attached hydrogen (secondary N) is 1. The summed E-state index contributed by atoms with van der Waals surface area (Å²) >= 11 is 5.58. The second kappa shape index (κ2) is 8.60. The number of fused-ring (bicyclic) bond motifs is 1. The van der Waals surface area contributed by atoms with Crippen LogP contribution in [0.4, 0.5) is 0 Å². The van der Waals surface area contributed by atoms with Gasteiger partial charge in [0.1, 0.15) is 6.04 Å². The Morgan fingerprint density at radius 3 is 2.76 bits per heavy atom. The predicted molar refractivity (Wildman–Crippen MR) is 99.4 cm³/mol. The van der Waals surface area contributed by atoms with Crippen LogP contribution in [0.1, 0.15) is 11.1 Å². The molecule has 2 aliphatic rings. The Morgan fingerprint density at radius 1 is 1.32 bits per heavy atom. The number of carbonyl (C=O) groups is 1. The van der Waals surface area contributed by atoms with Crippen molar-refractivity contribution in [3.63, 3.8) is 0 Å². The van der Waals surface area contributed by atoms with Crippen molar-refractivity contribution >= 4 is 23.3 Å². The van der Waals surface area contributed by atoms with E-state index in [0.717, 1.165) is 39.4 Å². The van der Waals surface area contributed by atoms with Crippen LogP contribution in [0.25, 0.3) is 0 Å². The van der Waals surface area contributed by atoms with Crippen LogP contribution in [0, 0.1) is 0 Å². The number of hydrogen-bond acceptors (Lipinski definition) is 5.